The quantitative estimate of drug-likeness (QED) is 0.780. The summed E-state index contributed by atoms with van der Waals surface area (Å²) in [5.41, 5.74) is 1.26. The third-order valence-electron chi connectivity index (χ3n) is 2.95. The first-order valence-corrected chi connectivity index (χ1v) is 6.40. The van der Waals surface area contributed by atoms with E-state index in [1.807, 2.05) is 6.07 Å². The van der Waals surface area contributed by atoms with Crippen LogP contribution in [0.25, 0.3) is 0 Å². The van der Waals surface area contributed by atoms with Crippen molar-refractivity contribution in [1.29, 1.82) is 0 Å². The summed E-state index contributed by atoms with van der Waals surface area (Å²) in [6.45, 7) is 5.07. The molecule has 4 nitrogen and oxygen atoms in total. The highest BCUT2D eigenvalue weighted by molar-refractivity contribution is 5.43. The summed E-state index contributed by atoms with van der Waals surface area (Å²) in [6.07, 6.45) is 0.973. The van der Waals surface area contributed by atoms with Crippen LogP contribution in [0, 0.1) is 0 Å². The van der Waals surface area contributed by atoms with Gasteiger partial charge in [-0.1, -0.05) is 6.07 Å². The van der Waals surface area contributed by atoms with E-state index >= 15 is 0 Å². The lowest BCUT2D eigenvalue weighted by Crippen LogP contribution is -2.31. The number of benzene rings is 1. The average molecular weight is 251 g/mol. The highest BCUT2D eigenvalue weighted by Gasteiger charge is 2.12. The number of ether oxygens (including phenoxy) is 3. The molecular formula is C14H21NO3. The van der Waals surface area contributed by atoms with Crippen LogP contribution >= 0.6 is 0 Å². The normalized spacial score (nSPS) is 15.4. The van der Waals surface area contributed by atoms with Gasteiger partial charge < -0.3 is 19.5 Å². The number of hydrogen-bond acceptors (Lipinski definition) is 4. The first-order chi connectivity index (χ1) is 8.79. The maximum absolute atomic E-state index is 5.58. The summed E-state index contributed by atoms with van der Waals surface area (Å²) in [4.78, 5) is 0. The van der Waals surface area contributed by atoms with Gasteiger partial charge in [-0.05, 0) is 31.0 Å². The van der Waals surface area contributed by atoms with Crippen molar-refractivity contribution in [2.75, 3.05) is 33.5 Å². The van der Waals surface area contributed by atoms with Crippen LogP contribution in [0.5, 0.6) is 11.5 Å². The Morgan fingerprint density at radius 1 is 1.28 bits per heavy atom. The zero-order valence-corrected chi connectivity index (χ0v) is 11.1. The molecule has 0 amide bonds. The minimum atomic E-state index is 0.419. The van der Waals surface area contributed by atoms with E-state index in [4.69, 9.17) is 14.2 Å². The number of methoxy groups -OCH3 is 1. The predicted molar refractivity (Wildman–Crippen MR) is 70.5 cm³/mol. The molecule has 18 heavy (non-hydrogen) atoms. The fourth-order valence-electron chi connectivity index (χ4n) is 2.05. The molecule has 0 bridgehead atoms. The van der Waals surface area contributed by atoms with Crippen LogP contribution in [0.1, 0.15) is 12.5 Å². The van der Waals surface area contributed by atoms with Crippen molar-refractivity contribution < 1.29 is 14.2 Å². The molecule has 1 unspecified atom stereocenters. The summed E-state index contributed by atoms with van der Waals surface area (Å²) in [6, 6.07) is 6.58. The lowest BCUT2D eigenvalue weighted by Gasteiger charge is -2.20. The molecule has 1 atom stereocenters. The van der Waals surface area contributed by atoms with Crippen LogP contribution in [0.4, 0.5) is 0 Å². The maximum Gasteiger partial charge on any atom is 0.161 e. The van der Waals surface area contributed by atoms with Gasteiger partial charge in [0.1, 0.15) is 13.2 Å². The maximum atomic E-state index is 5.58. The van der Waals surface area contributed by atoms with Crippen LogP contribution in [0.3, 0.4) is 0 Å². The van der Waals surface area contributed by atoms with E-state index in [9.17, 15) is 0 Å². The number of nitrogens with one attached hydrogen (secondary N) is 1. The molecule has 0 fully saturated rings. The van der Waals surface area contributed by atoms with Gasteiger partial charge in [0.05, 0.1) is 6.61 Å². The van der Waals surface area contributed by atoms with Crippen molar-refractivity contribution in [3.63, 3.8) is 0 Å². The van der Waals surface area contributed by atoms with Gasteiger partial charge in [0.2, 0.25) is 0 Å². The van der Waals surface area contributed by atoms with Gasteiger partial charge in [0.25, 0.3) is 0 Å². The van der Waals surface area contributed by atoms with E-state index in [0.717, 1.165) is 31.1 Å². The van der Waals surface area contributed by atoms with Gasteiger partial charge in [0, 0.05) is 19.7 Å². The molecule has 2 rings (SSSR count). The molecule has 0 aliphatic carbocycles. The Balaban J connectivity index is 1.89. The molecule has 1 aliphatic rings. The lowest BCUT2D eigenvalue weighted by molar-refractivity contribution is 0.171. The number of hydrogen-bond donors (Lipinski definition) is 1. The zero-order valence-electron chi connectivity index (χ0n) is 11.1. The minimum Gasteiger partial charge on any atom is -0.486 e. The largest absolute Gasteiger partial charge is 0.486 e. The van der Waals surface area contributed by atoms with E-state index in [1.54, 1.807) is 7.11 Å². The fraction of sp³-hybridized carbons (Fsp3) is 0.571. The molecule has 0 radical (unpaired) electrons. The second kappa shape index (κ2) is 6.61. The molecule has 4 heteroatoms. The highest BCUT2D eigenvalue weighted by atomic mass is 16.6. The molecule has 0 spiro atoms. The van der Waals surface area contributed by atoms with Crippen LogP contribution in [-0.2, 0) is 11.2 Å². The van der Waals surface area contributed by atoms with Crippen molar-refractivity contribution in [2.24, 2.45) is 0 Å². The molecule has 0 saturated carbocycles. The molecule has 1 aromatic rings. The Hall–Kier alpha value is -1.26. The smallest absolute Gasteiger partial charge is 0.161 e. The molecule has 1 heterocycles. The number of fused-ring (bicyclic) bond motifs is 1. The first kappa shape index (κ1) is 13.2. The van der Waals surface area contributed by atoms with Gasteiger partial charge in [-0.15, -0.1) is 0 Å². The molecule has 0 aromatic heterocycles. The number of rotatable bonds is 6. The van der Waals surface area contributed by atoms with Gasteiger partial charge in [-0.25, -0.2) is 0 Å². The zero-order chi connectivity index (χ0) is 12.8. The van der Waals surface area contributed by atoms with Crippen LogP contribution in [-0.4, -0.2) is 39.5 Å². The van der Waals surface area contributed by atoms with E-state index in [0.29, 0.717) is 19.3 Å². The Kier molecular flexibility index (Phi) is 4.84. The molecule has 1 aliphatic heterocycles. The Morgan fingerprint density at radius 2 is 2.06 bits per heavy atom. The van der Waals surface area contributed by atoms with Gasteiger partial charge in [-0.3, -0.25) is 0 Å². The molecule has 1 aromatic carbocycles. The van der Waals surface area contributed by atoms with Crippen molar-refractivity contribution in [3.8, 4) is 11.5 Å². The Labute approximate surface area is 108 Å². The monoisotopic (exact) mass is 251 g/mol. The topological polar surface area (TPSA) is 39.7 Å². The third kappa shape index (κ3) is 3.62. The SMILES string of the molecule is COCCNC(C)Cc1ccc2c(c1)OCCO2. The van der Waals surface area contributed by atoms with E-state index in [2.05, 4.69) is 24.4 Å². The summed E-state index contributed by atoms with van der Waals surface area (Å²) in [7, 11) is 1.72. The lowest BCUT2D eigenvalue weighted by atomic mass is 10.1. The van der Waals surface area contributed by atoms with Gasteiger partial charge >= 0.3 is 0 Å². The van der Waals surface area contributed by atoms with Crippen LogP contribution in [0.2, 0.25) is 0 Å². The van der Waals surface area contributed by atoms with Crippen LogP contribution < -0.4 is 14.8 Å². The summed E-state index contributed by atoms with van der Waals surface area (Å²) in [5, 5.41) is 3.42. The summed E-state index contributed by atoms with van der Waals surface area (Å²) in [5.74, 6) is 1.72. The van der Waals surface area contributed by atoms with E-state index in [1.165, 1.54) is 5.56 Å². The van der Waals surface area contributed by atoms with E-state index < -0.39 is 0 Å². The second-order valence-electron chi connectivity index (χ2n) is 4.53. The predicted octanol–water partition coefficient (Wildman–Crippen LogP) is 1.62. The summed E-state index contributed by atoms with van der Waals surface area (Å²) >= 11 is 0. The Bertz CT molecular complexity index is 381. The third-order valence-corrected chi connectivity index (χ3v) is 2.95. The van der Waals surface area contributed by atoms with Gasteiger partial charge in [-0.2, -0.15) is 0 Å². The van der Waals surface area contributed by atoms with Gasteiger partial charge in [0.15, 0.2) is 11.5 Å². The standard InChI is InChI=1S/C14H21NO3/c1-11(15-5-6-16-2)9-12-3-4-13-14(10-12)18-8-7-17-13/h3-4,10-11,15H,5-9H2,1-2H3. The van der Waals surface area contributed by atoms with Crippen molar-refractivity contribution in [3.05, 3.63) is 23.8 Å². The highest BCUT2D eigenvalue weighted by Crippen LogP contribution is 2.30. The summed E-state index contributed by atoms with van der Waals surface area (Å²) < 4.78 is 16.1. The van der Waals surface area contributed by atoms with Crippen LogP contribution in [0.15, 0.2) is 18.2 Å². The van der Waals surface area contributed by atoms with Crippen molar-refractivity contribution >= 4 is 0 Å². The Morgan fingerprint density at radius 3 is 2.83 bits per heavy atom. The molecule has 0 saturated heterocycles. The molecule has 100 valence electrons. The molecular weight excluding hydrogens is 230 g/mol. The van der Waals surface area contributed by atoms with Crippen molar-refractivity contribution in [1.82, 2.24) is 5.32 Å². The van der Waals surface area contributed by atoms with Crippen molar-refractivity contribution in [2.45, 2.75) is 19.4 Å². The van der Waals surface area contributed by atoms with E-state index in [-0.39, 0.29) is 0 Å². The fourth-order valence-corrected chi connectivity index (χ4v) is 2.05. The second-order valence-corrected chi connectivity index (χ2v) is 4.53. The average Bonchev–Trinajstić information content (AvgIpc) is 2.39. The molecule has 1 N–H and O–H groups in total. The minimum absolute atomic E-state index is 0.419. The first-order valence-electron chi connectivity index (χ1n) is 6.40.